The van der Waals surface area contributed by atoms with Crippen molar-refractivity contribution in [3.05, 3.63) is 65.0 Å². The largest absolute Gasteiger partial charge is 0.524 e. The zero-order valence-corrected chi connectivity index (χ0v) is 17.2. The molecule has 2 rings (SSSR count). The van der Waals surface area contributed by atoms with Crippen molar-refractivity contribution in [3.8, 4) is 11.5 Å². The van der Waals surface area contributed by atoms with E-state index in [0.29, 0.717) is 5.56 Å². The molecule has 1 aromatic carbocycles. The van der Waals surface area contributed by atoms with Crippen LogP contribution in [0.3, 0.4) is 0 Å². The van der Waals surface area contributed by atoms with Gasteiger partial charge in [0.05, 0.1) is 14.2 Å². The topological polar surface area (TPSA) is 94.5 Å². The second-order valence-corrected chi connectivity index (χ2v) is 7.10. The second kappa shape index (κ2) is 9.75. The van der Waals surface area contributed by atoms with Crippen molar-refractivity contribution in [2.45, 2.75) is 19.4 Å². The fourth-order valence-corrected chi connectivity index (χ4v) is 3.22. The summed E-state index contributed by atoms with van der Waals surface area (Å²) in [5.41, 5.74) is 2.62. The van der Waals surface area contributed by atoms with Gasteiger partial charge in [-0.2, -0.15) is 0 Å². The van der Waals surface area contributed by atoms with Crippen LogP contribution >= 0.6 is 7.82 Å². The van der Waals surface area contributed by atoms with Gasteiger partial charge in [-0.1, -0.05) is 37.3 Å². The van der Waals surface area contributed by atoms with Gasteiger partial charge in [0.1, 0.15) is 11.9 Å². The molecule has 0 saturated heterocycles. The molecule has 8 heteroatoms. The van der Waals surface area contributed by atoms with Crippen LogP contribution in [0.2, 0.25) is 0 Å². The van der Waals surface area contributed by atoms with Gasteiger partial charge in [-0.3, -0.25) is 9.79 Å². The van der Waals surface area contributed by atoms with E-state index in [1.165, 1.54) is 13.2 Å². The van der Waals surface area contributed by atoms with Crippen LogP contribution in [0.25, 0.3) is 6.08 Å². The first-order chi connectivity index (χ1) is 13.3. The monoisotopic (exact) mass is 408 g/mol. The van der Waals surface area contributed by atoms with E-state index in [4.69, 9.17) is 28.5 Å². The Morgan fingerprint density at radius 2 is 1.86 bits per heavy atom. The van der Waals surface area contributed by atoms with Crippen LogP contribution in [0.1, 0.15) is 18.9 Å². The number of methoxy groups -OCH3 is 3. The van der Waals surface area contributed by atoms with E-state index < -0.39 is 7.82 Å². The van der Waals surface area contributed by atoms with Crippen molar-refractivity contribution in [1.29, 1.82) is 0 Å². The Kier molecular flexibility index (Phi) is 7.66. The number of hydrogen-bond donors (Lipinski definition) is 2. The molecule has 2 N–H and O–H groups in total. The van der Waals surface area contributed by atoms with Gasteiger partial charge in [0.2, 0.25) is 0 Å². The molecule has 1 aliphatic rings. The number of rotatable bonds is 8. The molecule has 1 aromatic rings. The minimum atomic E-state index is -4.70. The summed E-state index contributed by atoms with van der Waals surface area (Å²) in [6, 6.07) is 4.84. The second-order valence-electron chi connectivity index (χ2n) is 5.93. The first-order valence-corrected chi connectivity index (χ1v) is 10.1. The smallest absolute Gasteiger partial charge is 0.497 e. The lowest BCUT2D eigenvalue weighted by atomic mass is 10.1. The highest BCUT2D eigenvalue weighted by atomic mass is 31.2. The van der Waals surface area contributed by atoms with Gasteiger partial charge in [-0.25, -0.2) is 4.57 Å². The first-order valence-electron chi connectivity index (χ1n) is 8.62. The number of hydrogen-bond acceptors (Lipinski definition) is 5. The Labute approximate surface area is 164 Å². The lowest BCUT2D eigenvalue weighted by Crippen LogP contribution is -2.12. The van der Waals surface area contributed by atoms with Crippen LogP contribution in [-0.4, -0.2) is 37.2 Å². The van der Waals surface area contributed by atoms with Crippen LogP contribution in [0, 0.1) is 0 Å². The van der Waals surface area contributed by atoms with Gasteiger partial charge in [0.25, 0.3) is 0 Å². The molecule has 0 fully saturated rings. The average molecular weight is 408 g/mol. The quantitative estimate of drug-likeness (QED) is 0.628. The van der Waals surface area contributed by atoms with Crippen molar-refractivity contribution >= 4 is 13.9 Å². The Morgan fingerprint density at radius 1 is 1.11 bits per heavy atom. The van der Waals surface area contributed by atoms with Crippen LogP contribution in [-0.2, 0) is 14.0 Å². The van der Waals surface area contributed by atoms with E-state index >= 15 is 0 Å². The molecule has 0 radical (unpaired) electrons. The van der Waals surface area contributed by atoms with Crippen molar-refractivity contribution in [1.82, 2.24) is 0 Å². The molecule has 0 saturated carbocycles. The molecular formula is C20H25O7P. The fraction of sp³-hybridized carbons (Fsp3) is 0.300. The highest BCUT2D eigenvalue weighted by molar-refractivity contribution is 7.46. The number of benzene rings is 1. The predicted octanol–water partition coefficient (Wildman–Crippen LogP) is 4.00. The zero-order chi connectivity index (χ0) is 20.7. The summed E-state index contributed by atoms with van der Waals surface area (Å²) < 4.78 is 32.0. The Bertz CT molecular complexity index is 861. The van der Waals surface area contributed by atoms with Crippen molar-refractivity contribution < 1.29 is 33.1 Å². The molecule has 1 aliphatic carbocycles. The Balaban J connectivity index is 2.34. The van der Waals surface area contributed by atoms with Crippen LogP contribution in [0.4, 0.5) is 0 Å². The van der Waals surface area contributed by atoms with Gasteiger partial charge in [-0.05, 0) is 35.8 Å². The predicted molar refractivity (Wildman–Crippen MR) is 107 cm³/mol. The molecule has 28 heavy (non-hydrogen) atoms. The molecule has 1 unspecified atom stereocenters. The molecule has 0 aliphatic heterocycles. The van der Waals surface area contributed by atoms with Gasteiger partial charge >= 0.3 is 7.82 Å². The van der Waals surface area contributed by atoms with E-state index in [0.717, 1.165) is 23.3 Å². The normalized spacial score (nSPS) is 17.5. The number of ether oxygens (including phenoxy) is 3. The summed E-state index contributed by atoms with van der Waals surface area (Å²) in [4.78, 5) is 18.1. The highest BCUT2D eigenvalue weighted by Gasteiger charge is 2.19. The van der Waals surface area contributed by atoms with Gasteiger partial charge in [0.15, 0.2) is 11.5 Å². The van der Waals surface area contributed by atoms with Crippen LogP contribution < -0.4 is 9.26 Å². The highest BCUT2D eigenvalue weighted by Crippen LogP contribution is 2.42. The van der Waals surface area contributed by atoms with Crippen LogP contribution in [0.5, 0.6) is 11.5 Å². The average Bonchev–Trinajstić information content (AvgIpc) is 2.83. The first kappa shape index (κ1) is 22.0. The summed E-state index contributed by atoms with van der Waals surface area (Å²) in [5.74, 6) is 0.946. The van der Waals surface area contributed by atoms with E-state index in [2.05, 4.69) is 0 Å². The Hall–Kier alpha value is -2.31. The van der Waals surface area contributed by atoms with Crippen molar-refractivity contribution in [3.63, 3.8) is 0 Å². The molecule has 0 heterocycles. The molecule has 0 bridgehead atoms. The summed E-state index contributed by atoms with van der Waals surface area (Å²) in [5, 5.41) is 0. The van der Waals surface area contributed by atoms with E-state index in [9.17, 15) is 4.57 Å². The third-order valence-corrected chi connectivity index (χ3v) is 4.58. The zero-order valence-electron chi connectivity index (χ0n) is 16.3. The third-order valence-electron chi connectivity index (χ3n) is 4.15. The SMILES string of the molecule is CCC1=C(OC)C=C(/C=C\c2ccc(OC)c(OP(=O)(O)O)c2)C=CC1OC. The van der Waals surface area contributed by atoms with Gasteiger partial charge in [0, 0.05) is 12.7 Å². The lowest BCUT2D eigenvalue weighted by molar-refractivity contribution is 0.159. The molecule has 7 nitrogen and oxygen atoms in total. The molecular weight excluding hydrogens is 383 g/mol. The van der Waals surface area contributed by atoms with E-state index in [1.807, 2.05) is 31.2 Å². The van der Waals surface area contributed by atoms with Crippen molar-refractivity contribution in [2.75, 3.05) is 21.3 Å². The Morgan fingerprint density at radius 3 is 2.43 bits per heavy atom. The molecule has 1 atom stereocenters. The number of allylic oxidation sites excluding steroid dienone is 4. The molecule has 152 valence electrons. The number of phosphoric ester groups is 1. The maximum Gasteiger partial charge on any atom is 0.524 e. The van der Waals surface area contributed by atoms with E-state index in [1.54, 1.807) is 32.4 Å². The minimum Gasteiger partial charge on any atom is -0.497 e. The lowest BCUT2D eigenvalue weighted by Gasteiger charge is -2.15. The summed E-state index contributed by atoms with van der Waals surface area (Å²) >= 11 is 0. The number of phosphoric acid groups is 1. The van der Waals surface area contributed by atoms with Crippen molar-refractivity contribution in [2.24, 2.45) is 0 Å². The molecule has 0 amide bonds. The van der Waals surface area contributed by atoms with Gasteiger partial charge < -0.3 is 18.7 Å². The summed E-state index contributed by atoms with van der Waals surface area (Å²) in [6.45, 7) is 2.04. The molecule has 0 spiro atoms. The summed E-state index contributed by atoms with van der Waals surface area (Å²) in [7, 11) is -0.0252. The maximum atomic E-state index is 11.2. The summed E-state index contributed by atoms with van der Waals surface area (Å²) in [6.07, 6.45) is 10.1. The van der Waals surface area contributed by atoms with E-state index in [-0.39, 0.29) is 17.6 Å². The maximum absolute atomic E-state index is 11.2. The third kappa shape index (κ3) is 5.84. The minimum absolute atomic E-state index is 0.0337. The fourth-order valence-electron chi connectivity index (χ4n) is 2.83. The standard InChI is InChI=1S/C20H25O7P/c1-5-16-17(24-2)10-8-14(12-19(16)26-4)6-7-15-9-11-18(25-3)20(13-15)27-28(21,22)23/h6-13,17H,5H2,1-4H3,(H2,21,22,23)/b7-6-. The van der Waals surface area contributed by atoms with Gasteiger partial charge in [-0.15, -0.1) is 0 Å². The molecule has 0 aromatic heterocycles. The van der Waals surface area contributed by atoms with Crippen LogP contribution in [0.15, 0.2) is 59.4 Å².